The Morgan fingerprint density at radius 1 is 1.21 bits per heavy atom. The van der Waals surface area contributed by atoms with Crippen LogP contribution in [0.5, 0.6) is 5.75 Å². The molecule has 1 aliphatic rings. The summed E-state index contributed by atoms with van der Waals surface area (Å²) in [7, 11) is 0. The summed E-state index contributed by atoms with van der Waals surface area (Å²) in [5.74, 6) is 1.06. The number of aryl methyl sites for hydroxylation is 2. The summed E-state index contributed by atoms with van der Waals surface area (Å²) in [5.41, 5.74) is 5.74. The van der Waals surface area contributed by atoms with Gasteiger partial charge in [-0.15, -0.1) is 10.2 Å². The Hall–Kier alpha value is -3.55. The van der Waals surface area contributed by atoms with E-state index < -0.39 is 0 Å². The minimum atomic E-state index is -0.249. The third kappa shape index (κ3) is 2.88. The zero-order valence-electron chi connectivity index (χ0n) is 16.1. The fourth-order valence-electron chi connectivity index (χ4n) is 3.85. The van der Waals surface area contributed by atoms with Crippen molar-refractivity contribution in [1.82, 2.24) is 24.6 Å². The van der Waals surface area contributed by atoms with Crippen molar-refractivity contribution >= 4 is 11.6 Å². The number of fused-ring (bicyclic) bond motifs is 2. The van der Waals surface area contributed by atoms with Gasteiger partial charge in [0.05, 0.1) is 17.9 Å². The molecule has 1 N–H and O–H groups in total. The first-order chi connectivity index (χ1) is 14.1. The number of pyridine rings is 1. The first-order valence-corrected chi connectivity index (χ1v) is 9.42. The smallest absolute Gasteiger partial charge is 0.210 e. The summed E-state index contributed by atoms with van der Waals surface area (Å²) >= 11 is 0. The lowest BCUT2D eigenvalue weighted by Crippen LogP contribution is -2.11. The Kier molecular flexibility index (Phi) is 4.12. The molecule has 0 saturated carbocycles. The number of nitrogens with zero attached hydrogens (tertiary/aromatic N) is 5. The van der Waals surface area contributed by atoms with Gasteiger partial charge in [-0.25, -0.2) is 9.37 Å². The van der Waals surface area contributed by atoms with Gasteiger partial charge in [-0.2, -0.15) is 0 Å². The molecule has 0 aliphatic carbocycles. The molecule has 0 bridgehead atoms. The molecule has 3 aromatic heterocycles. The zero-order valence-corrected chi connectivity index (χ0v) is 16.1. The Morgan fingerprint density at radius 3 is 2.97 bits per heavy atom. The van der Waals surface area contributed by atoms with Crippen LogP contribution in [0.2, 0.25) is 0 Å². The van der Waals surface area contributed by atoms with Gasteiger partial charge in [0.25, 0.3) is 0 Å². The Bertz CT molecular complexity index is 1240. The van der Waals surface area contributed by atoms with Crippen molar-refractivity contribution in [2.75, 3.05) is 11.9 Å². The molecule has 0 spiro atoms. The van der Waals surface area contributed by atoms with Crippen LogP contribution in [0.25, 0.3) is 16.8 Å². The molecular weight excluding hydrogens is 371 g/mol. The Labute approximate surface area is 166 Å². The molecule has 1 aliphatic heterocycles. The van der Waals surface area contributed by atoms with Crippen molar-refractivity contribution in [3.05, 3.63) is 65.1 Å². The molecule has 8 heteroatoms. The second-order valence-corrected chi connectivity index (χ2v) is 7.01. The number of rotatable bonds is 4. The van der Waals surface area contributed by atoms with Crippen molar-refractivity contribution in [3.63, 3.8) is 0 Å². The van der Waals surface area contributed by atoms with E-state index in [4.69, 9.17) is 9.72 Å². The van der Waals surface area contributed by atoms with Crippen LogP contribution < -0.4 is 10.1 Å². The van der Waals surface area contributed by atoms with E-state index in [1.54, 1.807) is 23.0 Å². The molecule has 0 radical (unpaired) electrons. The standard InChI is InChI=1S/C21H19FN6O/c1-12-14(4-3-8-23-12)19-13(2)26-21(28-11-25-27-20(19)28)24-10-16-15-7-9-29-18(15)6-5-17(16)22/h3-6,8,11H,7,9-10H2,1-2H3,(H,24,26). The lowest BCUT2D eigenvalue weighted by Gasteiger charge is -2.15. The highest BCUT2D eigenvalue weighted by atomic mass is 19.1. The Balaban J connectivity index is 1.55. The molecule has 29 heavy (non-hydrogen) atoms. The highest BCUT2D eigenvalue weighted by molar-refractivity contribution is 5.81. The first-order valence-electron chi connectivity index (χ1n) is 9.42. The molecule has 0 atom stereocenters. The predicted molar refractivity (Wildman–Crippen MR) is 106 cm³/mol. The topological polar surface area (TPSA) is 77.2 Å². The number of hydrogen-bond acceptors (Lipinski definition) is 6. The molecule has 0 amide bonds. The van der Waals surface area contributed by atoms with Crippen molar-refractivity contribution in [3.8, 4) is 16.9 Å². The maximum absolute atomic E-state index is 14.5. The summed E-state index contributed by atoms with van der Waals surface area (Å²) in [6.45, 7) is 4.76. The number of ether oxygens (including phenoxy) is 1. The summed E-state index contributed by atoms with van der Waals surface area (Å²) in [6, 6.07) is 7.02. The van der Waals surface area contributed by atoms with E-state index in [-0.39, 0.29) is 5.82 Å². The zero-order chi connectivity index (χ0) is 20.0. The molecule has 0 saturated heterocycles. The van der Waals surface area contributed by atoms with Crippen molar-refractivity contribution in [1.29, 1.82) is 0 Å². The monoisotopic (exact) mass is 390 g/mol. The molecule has 5 rings (SSSR count). The molecule has 0 fully saturated rings. The third-order valence-electron chi connectivity index (χ3n) is 5.28. The number of benzene rings is 1. The molecule has 4 aromatic rings. The average molecular weight is 390 g/mol. The maximum Gasteiger partial charge on any atom is 0.210 e. The fourth-order valence-corrected chi connectivity index (χ4v) is 3.85. The third-order valence-corrected chi connectivity index (χ3v) is 5.28. The fraction of sp³-hybridized carbons (Fsp3) is 0.238. The Morgan fingerprint density at radius 2 is 2.10 bits per heavy atom. The normalized spacial score (nSPS) is 12.8. The largest absolute Gasteiger partial charge is 0.493 e. The van der Waals surface area contributed by atoms with Crippen LogP contribution in [-0.2, 0) is 13.0 Å². The molecule has 4 heterocycles. The van der Waals surface area contributed by atoms with E-state index in [0.29, 0.717) is 36.7 Å². The molecule has 146 valence electrons. The van der Waals surface area contributed by atoms with Gasteiger partial charge >= 0.3 is 0 Å². The molecule has 7 nitrogen and oxygen atoms in total. The second kappa shape index (κ2) is 6.80. The van der Waals surface area contributed by atoms with E-state index >= 15 is 0 Å². The number of nitrogens with one attached hydrogen (secondary N) is 1. The van der Waals surface area contributed by atoms with Crippen LogP contribution in [0, 0.1) is 19.7 Å². The number of hydrogen-bond donors (Lipinski definition) is 1. The van der Waals surface area contributed by atoms with Crippen molar-refractivity contribution < 1.29 is 9.13 Å². The van der Waals surface area contributed by atoms with Crippen LogP contribution in [0.3, 0.4) is 0 Å². The number of aromatic nitrogens is 5. The lowest BCUT2D eigenvalue weighted by atomic mass is 10.0. The van der Waals surface area contributed by atoms with Gasteiger partial charge in [-0.05, 0) is 32.0 Å². The highest BCUT2D eigenvalue weighted by Gasteiger charge is 2.21. The van der Waals surface area contributed by atoms with E-state index in [9.17, 15) is 4.39 Å². The van der Waals surface area contributed by atoms with Gasteiger partial charge in [0.1, 0.15) is 17.9 Å². The molecule has 0 unspecified atom stereocenters. The van der Waals surface area contributed by atoms with Crippen molar-refractivity contribution in [2.45, 2.75) is 26.8 Å². The van der Waals surface area contributed by atoms with Crippen LogP contribution >= 0.6 is 0 Å². The van der Waals surface area contributed by atoms with Gasteiger partial charge in [-0.3, -0.25) is 9.38 Å². The van der Waals surface area contributed by atoms with Crippen LogP contribution in [0.15, 0.2) is 36.8 Å². The molecule has 1 aromatic carbocycles. The van der Waals surface area contributed by atoms with Gasteiger partial charge in [-0.1, -0.05) is 6.07 Å². The van der Waals surface area contributed by atoms with Gasteiger partial charge in [0, 0.05) is 41.5 Å². The quantitative estimate of drug-likeness (QED) is 0.575. The van der Waals surface area contributed by atoms with E-state index in [1.807, 2.05) is 26.0 Å². The SMILES string of the molecule is Cc1ncccc1-c1c(C)nc(NCc2c(F)ccc3c2CCO3)n2cnnc12. The van der Waals surface area contributed by atoms with E-state index in [0.717, 1.165) is 33.8 Å². The van der Waals surface area contributed by atoms with Crippen molar-refractivity contribution in [2.24, 2.45) is 0 Å². The molecular formula is C21H19FN6O. The minimum Gasteiger partial charge on any atom is -0.493 e. The summed E-state index contributed by atoms with van der Waals surface area (Å²) < 4.78 is 21.8. The summed E-state index contributed by atoms with van der Waals surface area (Å²) in [6.07, 6.45) is 4.07. The summed E-state index contributed by atoms with van der Waals surface area (Å²) in [5, 5.41) is 11.6. The maximum atomic E-state index is 14.5. The summed E-state index contributed by atoms with van der Waals surface area (Å²) in [4.78, 5) is 9.09. The van der Waals surface area contributed by atoms with Gasteiger partial charge < -0.3 is 10.1 Å². The number of anilines is 1. The van der Waals surface area contributed by atoms with Gasteiger partial charge in [0.2, 0.25) is 5.95 Å². The van der Waals surface area contributed by atoms with Crippen LogP contribution in [-0.4, -0.2) is 31.2 Å². The lowest BCUT2D eigenvalue weighted by molar-refractivity contribution is 0.356. The van der Waals surface area contributed by atoms with E-state index in [2.05, 4.69) is 20.5 Å². The van der Waals surface area contributed by atoms with Crippen LogP contribution in [0.1, 0.15) is 22.5 Å². The number of halogens is 1. The first kappa shape index (κ1) is 17.5. The highest BCUT2D eigenvalue weighted by Crippen LogP contribution is 2.32. The van der Waals surface area contributed by atoms with E-state index in [1.165, 1.54) is 6.07 Å². The van der Waals surface area contributed by atoms with Crippen LogP contribution in [0.4, 0.5) is 10.3 Å². The average Bonchev–Trinajstić information content (AvgIpc) is 3.37. The van der Waals surface area contributed by atoms with Gasteiger partial charge in [0.15, 0.2) is 5.65 Å². The second-order valence-electron chi connectivity index (χ2n) is 7.01. The minimum absolute atomic E-state index is 0.249. The predicted octanol–water partition coefficient (Wildman–Crippen LogP) is 3.49.